The molecule has 0 aromatic heterocycles. The van der Waals surface area contributed by atoms with Crippen molar-refractivity contribution < 1.29 is 13.9 Å². The molecule has 0 unspecified atom stereocenters. The lowest BCUT2D eigenvalue weighted by Crippen LogP contribution is -1.96. The number of para-hydroxylation sites is 1. The van der Waals surface area contributed by atoms with Crippen molar-refractivity contribution in [1.29, 1.82) is 0 Å². The molecule has 0 saturated carbocycles. The molecule has 0 radical (unpaired) electrons. The largest absolute Gasteiger partial charge is 0.494 e. The molecule has 0 heterocycles. The van der Waals surface area contributed by atoms with Crippen LogP contribution in [-0.4, -0.2) is 13.4 Å². The zero-order valence-electron chi connectivity index (χ0n) is 10.6. The highest BCUT2D eigenvalue weighted by atomic mass is 32.2. The minimum absolute atomic E-state index is 0.103. The second-order valence-electron chi connectivity index (χ2n) is 3.78. The van der Waals surface area contributed by atoms with E-state index in [-0.39, 0.29) is 11.4 Å². The Labute approximate surface area is 115 Å². The van der Waals surface area contributed by atoms with E-state index in [4.69, 9.17) is 15.2 Å². The van der Waals surface area contributed by atoms with Crippen molar-refractivity contribution in [3.05, 3.63) is 42.2 Å². The lowest BCUT2D eigenvalue weighted by molar-refractivity contribution is 0.381. The monoisotopic (exact) mass is 279 g/mol. The van der Waals surface area contributed by atoms with Crippen molar-refractivity contribution in [3.63, 3.8) is 0 Å². The van der Waals surface area contributed by atoms with Crippen LogP contribution in [0.3, 0.4) is 0 Å². The third-order valence-electron chi connectivity index (χ3n) is 2.57. The third-order valence-corrected chi connectivity index (χ3v) is 3.35. The molecule has 0 bridgehead atoms. The van der Waals surface area contributed by atoms with Gasteiger partial charge in [-0.2, -0.15) is 0 Å². The average Bonchev–Trinajstić information content (AvgIpc) is 2.42. The van der Waals surface area contributed by atoms with Crippen LogP contribution in [0.2, 0.25) is 0 Å². The molecule has 0 aliphatic carbocycles. The van der Waals surface area contributed by atoms with Crippen molar-refractivity contribution in [3.8, 4) is 17.2 Å². The van der Waals surface area contributed by atoms with Gasteiger partial charge in [0.1, 0.15) is 5.75 Å². The standard InChI is InChI=1S/C14H14FNO2S/c1-17-12-8-13(10(16)7-9(12)15)18-11-5-3-4-6-14(11)19-2/h3-8H,16H2,1-2H3. The van der Waals surface area contributed by atoms with Gasteiger partial charge in [0.15, 0.2) is 17.3 Å². The van der Waals surface area contributed by atoms with E-state index < -0.39 is 5.82 Å². The van der Waals surface area contributed by atoms with Gasteiger partial charge in [-0.3, -0.25) is 0 Å². The molecule has 0 atom stereocenters. The molecule has 2 aromatic rings. The van der Waals surface area contributed by atoms with E-state index >= 15 is 0 Å². The van der Waals surface area contributed by atoms with Gasteiger partial charge in [0.25, 0.3) is 0 Å². The lowest BCUT2D eigenvalue weighted by Gasteiger charge is -2.13. The Morgan fingerprint density at radius 1 is 1.11 bits per heavy atom. The first-order valence-corrected chi connectivity index (χ1v) is 6.82. The van der Waals surface area contributed by atoms with Crippen molar-refractivity contribution in [2.75, 3.05) is 19.1 Å². The molecule has 0 aliphatic rings. The quantitative estimate of drug-likeness (QED) is 0.680. The van der Waals surface area contributed by atoms with Crippen LogP contribution in [-0.2, 0) is 0 Å². The predicted octanol–water partition coefficient (Wildman–Crippen LogP) is 3.93. The van der Waals surface area contributed by atoms with Gasteiger partial charge < -0.3 is 15.2 Å². The summed E-state index contributed by atoms with van der Waals surface area (Å²) in [5.41, 5.74) is 5.99. The summed E-state index contributed by atoms with van der Waals surface area (Å²) in [6.07, 6.45) is 1.96. The van der Waals surface area contributed by atoms with E-state index in [9.17, 15) is 4.39 Å². The summed E-state index contributed by atoms with van der Waals surface area (Å²) < 4.78 is 24.1. The number of thioether (sulfide) groups is 1. The normalized spacial score (nSPS) is 10.3. The SMILES string of the molecule is COc1cc(Oc2ccccc2SC)c(N)cc1F. The van der Waals surface area contributed by atoms with Crippen LogP contribution in [0.25, 0.3) is 0 Å². The number of nitrogens with two attached hydrogens (primary N) is 1. The van der Waals surface area contributed by atoms with Gasteiger partial charge in [-0.1, -0.05) is 12.1 Å². The zero-order chi connectivity index (χ0) is 13.8. The van der Waals surface area contributed by atoms with Gasteiger partial charge in [-0.25, -0.2) is 4.39 Å². The Morgan fingerprint density at radius 2 is 1.84 bits per heavy atom. The average molecular weight is 279 g/mol. The number of halogens is 1. The van der Waals surface area contributed by atoms with E-state index in [1.165, 1.54) is 19.2 Å². The molecular weight excluding hydrogens is 265 g/mol. The highest BCUT2D eigenvalue weighted by Gasteiger charge is 2.11. The van der Waals surface area contributed by atoms with Crippen molar-refractivity contribution in [1.82, 2.24) is 0 Å². The number of hydrogen-bond donors (Lipinski definition) is 1. The van der Waals surface area contributed by atoms with E-state index in [0.29, 0.717) is 11.5 Å². The molecule has 5 heteroatoms. The maximum atomic E-state index is 13.5. The fraction of sp³-hybridized carbons (Fsp3) is 0.143. The molecule has 0 amide bonds. The highest BCUT2D eigenvalue weighted by Crippen LogP contribution is 2.36. The minimum atomic E-state index is -0.509. The van der Waals surface area contributed by atoms with Gasteiger partial charge in [0.05, 0.1) is 12.8 Å². The van der Waals surface area contributed by atoms with E-state index in [1.807, 2.05) is 30.5 Å². The molecule has 2 N–H and O–H groups in total. The summed E-state index contributed by atoms with van der Waals surface area (Å²) in [6, 6.07) is 10.2. The first kappa shape index (κ1) is 13.5. The summed E-state index contributed by atoms with van der Waals surface area (Å²) in [5.74, 6) is 0.645. The Bertz CT molecular complexity index is 590. The number of ether oxygens (including phenoxy) is 2. The number of hydrogen-bond acceptors (Lipinski definition) is 4. The van der Waals surface area contributed by atoms with E-state index in [2.05, 4.69) is 0 Å². The van der Waals surface area contributed by atoms with Crippen molar-refractivity contribution in [2.24, 2.45) is 0 Å². The lowest BCUT2D eigenvalue weighted by atomic mass is 10.2. The summed E-state index contributed by atoms with van der Waals surface area (Å²) in [4.78, 5) is 0.977. The second-order valence-corrected chi connectivity index (χ2v) is 4.63. The fourth-order valence-electron chi connectivity index (χ4n) is 1.62. The summed E-state index contributed by atoms with van der Waals surface area (Å²) in [5, 5.41) is 0. The smallest absolute Gasteiger partial charge is 0.167 e. The fourth-order valence-corrected chi connectivity index (χ4v) is 2.14. The van der Waals surface area contributed by atoms with Gasteiger partial charge in [0.2, 0.25) is 0 Å². The summed E-state index contributed by atoms with van der Waals surface area (Å²) in [6.45, 7) is 0. The molecule has 2 rings (SSSR count). The van der Waals surface area contributed by atoms with Crippen molar-refractivity contribution >= 4 is 17.4 Å². The number of nitrogen functional groups attached to an aromatic ring is 1. The van der Waals surface area contributed by atoms with Crippen LogP contribution in [0.4, 0.5) is 10.1 Å². The zero-order valence-corrected chi connectivity index (χ0v) is 11.5. The van der Waals surface area contributed by atoms with Crippen molar-refractivity contribution in [2.45, 2.75) is 4.90 Å². The molecule has 100 valence electrons. The van der Waals surface area contributed by atoms with Crippen LogP contribution in [0, 0.1) is 5.82 Å². The molecular formula is C14H14FNO2S. The van der Waals surface area contributed by atoms with Crippen LogP contribution >= 0.6 is 11.8 Å². The molecule has 0 spiro atoms. The predicted molar refractivity (Wildman–Crippen MR) is 75.7 cm³/mol. The number of methoxy groups -OCH3 is 1. The van der Waals surface area contributed by atoms with E-state index in [1.54, 1.807) is 11.8 Å². The van der Waals surface area contributed by atoms with Gasteiger partial charge in [0, 0.05) is 17.0 Å². The molecule has 2 aromatic carbocycles. The maximum absolute atomic E-state index is 13.5. The van der Waals surface area contributed by atoms with Gasteiger partial charge >= 0.3 is 0 Å². The second kappa shape index (κ2) is 5.84. The topological polar surface area (TPSA) is 44.5 Å². The Balaban J connectivity index is 2.38. The van der Waals surface area contributed by atoms with Gasteiger partial charge in [-0.05, 0) is 18.4 Å². The highest BCUT2D eigenvalue weighted by molar-refractivity contribution is 7.98. The first-order chi connectivity index (χ1) is 9.15. The van der Waals surface area contributed by atoms with Gasteiger partial charge in [-0.15, -0.1) is 11.8 Å². The third kappa shape index (κ3) is 2.93. The number of anilines is 1. The summed E-state index contributed by atoms with van der Waals surface area (Å²) in [7, 11) is 1.40. The Hall–Kier alpha value is -1.88. The number of benzene rings is 2. The first-order valence-electron chi connectivity index (χ1n) is 5.59. The molecule has 0 saturated heterocycles. The molecule has 3 nitrogen and oxygen atoms in total. The van der Waals surface area contributed by atoms with E-state index in [0.717, 1.165) is 4.90 Å². The Kier molecular flexibility index (Phi) is 4.16. The Morgan fingerprint density at radius 3 is 2.53 bits per heavy atom. The van der Waals surface area contributed by atoms with Crippen LogP contribution in [0.1, 0.15) is 0 Å². The maximum Gasteiger partial charge on any atom is 0.167 e. The molecule has 19 heavy (non-hydrogen) atoms. The van der Waals surface area contributed by atoms with Crippen LogP contribution in [0.5, 0.6) is 17.2 Å². The number of rotatable bonds is 4. The molecule has 0 aliphatic heterocycles. The van der Waals surface area contributed by atoms with Crippen LogP contribution in [0.15, 0.2) is 41.3 Å². The summed E-state index contributed by atoms with van der Waals surface area (Å²) >= 11 is 1.56. The van der Waals surface area contributed by atoms with Crippen LogP contribution < -0.4 is 15.2 Å². The minimum Gasteiger partial charge on any atom is -0.494 e. The molecule has 0 fully saturated rings.